The third-order valence-corrected chi connectivity index (χ3v) is 7.42. The molecule has 2 heterocycles. The van der Waals surface area contributed by atoms with E-state index in [-0.39, 0.29) is 35.6 Å². The Hall–Kier alpha value is -1.94. The molecule has 0 aliphatic carbocycles. The number of sulfonamides is 1. The summed E-state index contributed by atoms with van der Waals surface area (Å²) < 4.78 is 32.1. The van der Waals surface area contributed by atoms with E-state index in [1.807, 2.05) is 18.7 Å². The number of piperazine rings is 1. The highest BCUT2D eigenvalue weighted by Gasteiger charge is 2.34. The van der Waals surface area contributed by atoms with Crippen LogP contribution in [0.25, 0.3) is 0 Å². The monoisotopic (exact) mass is 442 g/mol. The maximum Gasteiger partial charge on any atom is 0.248 e. The number of nitrogens with zero attached hydrogens (tertiary/aromatic N) is 4. The molecule has 0 N–H and O–H groups in total. The summed E-state index contributed by atoms with van der Waals surface area (Å²) >= 11 is 0. The minimum absolute atomic E-state index is 0.0327. The smallest absolute Gasteiger partial charge is 0.248 e. The van der Waals surface area contributed by atoms with Crippen LogP contribution in [-0.2, 0) is 19.6 Å². The number of hydrogen-bond donors (Lipinski definition) is 0. The molecule has 1 aliphatic heterocycles. The van der Waals surface area contributed by atoms with E-state index in [1.54, 1.807) is 18.7 Å². The van der Waals surface area contributed by atoms with Gasteiger partial charge in [0, 0.05) is 52.1 Å². The molecule has 1 aromatic heterocycles. The van der Waals surface area contributed by atoms with Crippen molar-refractivity contribution in [3.05, 3.63) is 11.5 Å². The van der Waals surface area contributed by atoms with Crippen LogP contribution in [0.4, 0.5) is 0 Å². The summed E-state index contributed by atoms with van der Waals surface area (Å²) in [6.07, 6.45) is 3.03. The summed E-state index contributed by atoms with van der Waals surface area (Å²) in [5.74, 6) is 0.340. The molecular weight excluding hydrogens is 408 g/mol. The fraction of sp³-hybridized carbons (Fsp3) is 0.750. The quantitative estimate of drug-likeness (QED) is 0.548. The molecule has 9 nitrogen and oxygen atoms in total. The Labute approximate surface area is 179 Å². The molecule has 1 saturated heterocycles. The Kier molecular flexibility index (Phi) is 8.84. The molecule has 0 spiro atoms. The van der Waals surface area contributed by atoms with Crippen molar-refractivity contribution in [3.63, 3.8) is 0 Å². The predicted octanol–water partition coefficient (Wildman–Crippen LogP) is 1.94. The number of carbonyl (C=O) groups excluding carboxylic acids is 2. The number of carbonyl (C=O) groups is 2. The Bertz CT molecular complexity index is 803. The van der Waals surface area contributed by atoms with Gasteiger partial charge in [-0.05, 0) is 33.1 Å². The fourth-order valence-corrected chi connectivity index (χ4v) is 5.47. The normalized spacial score (nSPS) is 15.4. The molecule has 0 atom stereocenters. The van der Waals surface area contributed by atoms with Crippen molar-refractivity contribution in [3.8, 4) is 0 Å². The largest absolute Gasteiger partial charge is 0.360 e. The molecule has 0 bridgehead atoms. The number of aryl methyl sites for hydroxylation is 2. The third kappa shape index (κ3) is 5.81. The first-order chi connectivity index (χ1) is 14.2. The molecule has 2 rings (SSSR count). The highest BCUT2D eigenvalue weighted by atomic mass is 32.2. The van der Waals surface area contributed by atoms with Gasteiger partial charge in [-0.15, -0.1) is 0 Å². The molecule has 0 unspecified atom stereocenters. The van der Waals surface area contributed by atoms with Crippen molar-refractivity contribution < 1.29 is 22.5 Å². The van der Waals surface area contributed by atoms with E-state index in [9.17, 15) is 18.0 Å². The number of amides is 2. The zero-order valence-corrected chi connectivity index (χ0v) is 19.3. The van der Waals surface area contributed by atoms with Gasteiger partial charge in [-0.2, -0.15) is 4.31 Å². The van der Waals surface area contributed by atoms with Gasteiger partial charge in [0.2, 0.25) is 21.8 Å². The number of hydrogen-bond acceptors (Lipinski definition) is 6. The van der Waals surface area contributed by atoms with E-state index in [2.05, 4.69) is 5.16 Å². The highest BCUT2D eigenvalue weighted by Crippen LogP contribution is 2.24. The second-order valence-electron chi connectivity index (χ2n) is 7.67. The van der Waals surface area contributed by atoms with E-state index in [1.165, 1.54) is 4.31 Å². The maximum atomic E-state index is 12.9. The van der Waals surface area contributed by atoms with Crippen molar-refractivity contribution in [2.24, 2.45) is 0 Å². The molecule has 2 amide bonds. The van der Waals surface area contributed by atoms with Crippen molar-refractivity contribution in [2.75, 3.05) is 39.3 Å². The highest BCUT2D eigenvalue weighted by molar-refractivity contribution is 7.89. The van der Waals surface area contributed by atoms with Gasteiger partial charge in [-0.1, -0.05) is 19.0 Å². The topological polar surface area (TPSA) is 104 Å². The third-order valence-electron chi connectivity index (χ3n) is 5.28. The first-order valence-electron chi connectivity index (χ1n) is 10.7. The van der Waals surface area contributed by atoms with Crippen LogP contribution < -0.4 is 0 Å². The maximum absolute atomic E-state index is 12.9. The number of aromatic nitrogens is 1. The Morgan fingerprint density at radius 3 is 2.13 bits per heavy atom. The first-order valence-corrected chi connectivity index (χ1v) is 12.1. The molecule has 170 valence electrons. The van der Waals surface area contributed by atoms with Gasteiger partial charge >= 0.3 is 0 Å². The lowest BCUT2D eigenvalue weighted by molar-refractivity contribution is -0.133. The molecule has 1 aliphatic rings. The summed E-state index contributed by atoms with van der Waals surface area (Å²) in [7, 11) is -3.69. The SMILES string of the molecule is CCCN(CCC)C(=O)CCCC(=O)N1CCN(S(=O)(=O)c2c(C)noc2C)CC1. The zero-order valence-electron chi connectivity index (χ0n) is 18.5. The lowest BCUT2D eigenvalue weighted by atomic mass is 10.2. The first kappa shape index (κ1) is 24.3. The Balaban J connectivity index is 1.82. The molecule has 1 fully saturated rings. The van der Waals surface area contributed by atoms with E-state index in [0.29, 0.717) is 38.0 Å². The summed E-state index contributed by atoms with van der Waals surface area (Å²) in [6.45, 7) is 9.93. The van der Waals surface area contributed by atoms with Gasteiger partial charge in [0.15, 0.2) is 5.76 Å². The summed E-state index contributed by atoms with van der Waals surface area (Å²) in [5.41, 5.74) is 0.343. The average molecular weight is 443 g/mol. The van der Waals surface area contributed by atoms with E-state index < -0.39 is 10.0 Å². The van der Waals surface area contributed by atoms with Crippen LogP contribution in [0.15, 0.2) is 9.42 Å². The summed E-state index contributed by atoms with van der Waals surface area (Å²) in [4.78, 5) is 28.5. The van der Waals surface area contributed by atoms with Gasteiger partial charge in [0.05, 0.1) is 0 Å². The Morgan fingerprint density at radius 1 is 1.03 bits per heavy atom. The second-order valence-corrected chi connectivity index (χ2v) is 9.55. The minimum atomic E-state index is -3.69. The lowest BCUT2D eigenvalue weighted by Gasteiger charge is -2.34. The fourth-order valence-electron chi connectivity index (χ4n) is 3.76. The molecule has 30 heavy (non-hydrogen) atoms. The van der Waals surface area contributed by atoms with Gasteiger partial charge in [0.1, 0.15) is 10.6 Å². The van der Waals surface area contributed by atoms with Crippen molar-refractivity contribution >= 4 is 21.8 Å². The molecule has 1 aromatic rings. The van der Waals surface area contributed by atoms with Gasteiger partial charge in [0.25, 0.3) is 0 Å². The van der Waals surface area contributed by atoms with E-state index >= 15 is 0 Å². The van der Waals surface area contributed by atoms with Crippen molar-refractivity contribution in [1.82, 2.24) is 19.3 Å². The van der Waals surface area contributed by atoms with Crippen LogP contribution >= 0.6 is 0 Å². The Morgan fingerprint density at radius 2 is 1.63 bits per heavy atom. The predicted molar refractivity (Wildman–Crippen MR) is 112 cm³/mol. The van der Waals surface area contributed by atoms with Crippen LogP contribution in [0, 0.1) is 13.8 Å². The van der Waals surface area contributed by atoms with Gasteiger partial charge < -0.3 is 14.3 Å². The van der Waals surface area contributed by atoms with E-state index in [0.717, 1.165) is 25.9 Å². The lowest BCUT2D eigenvalue weighted by Crippen LogP contribution is -2.50. The molecule has 0 radical (unpaired) electrons. The van der Waals surface area contributed by atoms with Crippen LogP contribution in [0.5, 0.6) is 0 Å². The summed E-state index contributed by atoms with van der Waals surface area (Å²) in [5, 5.41) is 3.73. The second kappa shape index (κ2) is 10.9. The summed E-state index contributed by atoms with van der Waals surface area (Å²) in [6, 6.07) is 0. The molecule has 0 aromatic carbocycles. The minimum Gasteiger partial charge on any atom is -0.360 e. The van der Waals surface area contributed by atoms with E-state index in [4.69, 9.17) is 4.52 Å². The van der Waals surface area contributed by atoms with Crippen LogP contribution in [0.2, 0.25) is 0 Å². The zero-order chi connectivity index (χ0) is 22.3. The van der Waals surface area contributed by atoms with Gasteiger partial charge in [-0.3, -0.25) is 9.59 Å². The van der Waals surface area contributed by atoms with Crippen LogP contribution in [0.1, 0.15) is 57.4 Å². The average Bonchev–Trinajstić information content (AvgIpc) is 3.06. The molecular formula is C20H34N4O5S. The number of rotatable bonds is 10. The van der Waals surface area contributed by atoms with Crippen molar-refractivity contribution in [2.45, 2.75) is 64.7 Å². The van der Waals surface area contributed by atoms with Crippen LogP contribution in [-0.4, -0.2) is 78.8 Å². The molecule has 10 heteroatoms. The van der Waals surface area contributed by atoms with Gasteiger partial charge in [-0.25, -0.2) is 8.42 Å². The van der Waals surface area contributed by atoms with Crippen molar-refractivity contribution in [1.29, 1.82) is 0 Å². The van der Waals surface area contributed by atoms with Crippen LogP contribution in [0.3, 0.4) is 0 Å². The standard InChI is InChI=1S/C20H34N4O5S/c1-5-10-22(11-6-2)18(25)8-7-9-19(26)23-12-14-24(15-13-23)30(27,28)20-16(3)21-29-17(20)4/h5-15H2,1-4H3. The molecule has 0 saturated carbocycles.